The van der Waals surface area contributed by atoms with E-state index in [1.807, 2.05) is 0 Å². The number of hydrogen-bond donors (Lipinski definition) is 0. The lowest BCUT2D eigenvalue weighted by atomic mass is 9.67. The number of aryl methyl sites for hydroxylation is 1. The predicted octanol–water partition coefficient (Wildman–Crippen LogP) is 1.86. The third-order valence-corrected chi connectivity index (χ3v) is 1.88. The Morgan fingerprint density at radius 1 is 1.27 bits per heavy atom. The molecule has 0 aliphatic carbocycles. The third-order valence-electron chi connectivity index (χ3n) is 1.88. The van der Waals surface area contributed by atoms with Gasteiger partial charge in [-0.25, -0.2) is 0 Å². The Labute approximate surface area is 70.0 Å². The van der Waals surface area contributed by atoms with Gasteiger partial charge in [0.25, 0.3) is 0 Å². The zero-order chi connectivity index (χ0) is 8.48. The number of rotatable bonds is 1. The summed E-state index contributed by atoms with van der Waals surface area (Å²) in [5.41, 5.74) is 2.76. The van der Waals surface area contributed by atoms with Crippen LogP contribution < -0.4 is 0 Å². The lowest BCUT2D eigenvalue weighted by Gasteiger charge is -2.19. The van der Waals surface area contributed by atoms with Crippen LogP contribution in [0.1, 0.15) is 25.0 Å². The highest BCUT2D eigenvalue weighted by atomic mass is 14.1. The molecule has 0 fully saturated rings. The molecule has 0 aliphatic rings. The van der Waals surface area contributed by atoms with Gasteiger partial charge in [-0.2, -0.15) is 0 Å². The Morgan fingerprint density at radius 2 is 1.91 bits per heavy atom. The molecule has 1 rings (SSSR count). The zero-order valence-electron chi connectivity index (χ0n) is 7.81. The molecule has 11 heavy (non-hydrogen) atoms. The highest BCUT2D eigenvalue weighted by Crippen LogP contribution is 2.19. The summed E-state index contributed by atoms with van der Waals surface area (Å²) >= 11 is 0. The van der Waals surface area contributed by atoms with Gasteiger partial charge in [-0.3, -0.25) is 0 Å². The first-order valence-electron chi connectivity index (χ1n) is 4.07. The van der Waals surface area contributed by atoms with Gasteiger partial charge in [0.05, 0.1) is 0 Å². The van der Waals surface area contributed by atoms with Crippen molar-refractivity contribution in [3.63, 3.8) is 0 Å². The second kappa shape index (κ2) is 2.73. The Morgan fingerprint density at radius 3 is 2.27 bits per heavy atom. The van der Waals surface area contributed by atoms with Crippen LogP contribution in [-0.2, 0) is 5.31 Å². The average molecular weight is 146 g/mol. The minimum Gasteiger partial charge on any atom is -0.0632 e. The van der Waals surface area contributed by atoms with E-state index in [1.54, 1.807) is 0 Å². The summed E-state index contributed by atoms with van der Waals surface area (Å²) in [5, 5.41) is 0.284. The van der Waals surface area contributed by atoms with Crippen LogP contribution in [0.4, 0.5) is 0 Å². The van der Waals surface area contributed by atoms with Gasteiger partial charge in [0, 0.05) is 0 Å². The van der Waals surface area contributed by atoms with Gasteiger partial charge in [-0.15, -0.1) is 0 Å². The van der Waals surface area contributed by atoms with Crippen LogP contribution in [-0.4, -0.2) is 7.85 Å². The van der Waals surface area contributed by atoms with Crippen LogP contribution in [0.3, 0.4) is 0 Å². The molecule has 58 valence electrons. The summed E-state index contributed by atoms with van der Waals surface area (Å²) in [6.45, 7) is 6.61. The molecule has 0 spiro atoms. The maximum Gasteiger partial charge on any atom is 0.114 e. The normalized spacial score (nSPS) is 11.5. The van der Waals surface area contributed by atoms with E-state index in [2.05, 4.69) is 52.9 Å². The van der Waals surface area contributed by atoms with Gasteiger partial charge < -0.3 is 0 Å². The summed E-state index contributed by atoms with van der Waals surface area (Å²) < 4.78 is 0. The lowest BCUT2D eigenvalue weighted by Crippen LogP contribution is -2.16. The zero-order valence-corrected chi connectivity index (χ0v) is 7.81. The number of hydrogen-bond acceptors (Lipinski definition) is 0. The molecule has 0 atom stereocenters. The van der Waals surface area contributed by atoms with Gasteiger partial charge in [-0.1, -0.05) is 49.2 Å². The van der Waals surface area contributed by atoms with Crippen LogP contribution in [0.2, 0.25) is 0 Å². The fourth-order valence-corrected chi connectivity index (χ4v) is 1.11. The van der Waals surface area contributed by atoms with Gasteiger partial charge >= 0.3 is 0 Å². The molecule has 0 aromatic heterocycles. The van der Waals surface area contributed by atoms with E-state index in [4.69, 9.17) is 0 Å². The highest BCUT2D eigenvalue weighted by molar-refractivity contribution is 6.15. The third kappa shape index (κ3) is 2.11. The Hall–Kier alpha value is -0.715. The van der Waals surface area contributed by atoms with E-state index in [0.29, 0.717) is 0 Å². The van der Waals surface area contributed by atoms with Crippen molar-refractivity contribution in [2.45, 2.75) is 26.1 Å². The molecule has 0 bridgehead atoms. The summed E-state index contributed by atoms with van der Waals surface area (Å²) in [5.74, 6) is 0. The van der Waals surface area contributed by atoms with E-state index >= 15 is 0 Å². The second-order valence-corrected chi connectivity index (χ2v) is 4.12. The first-order chi connectivity index (χ1) is 5.00. The van der Waals surface area contributed by atoms with Crippen LogP contribution in [0.5, 0.6) is 0 Å². The van der Waals surface area contributed by atoms with Crippen LogP contribution in [0.25, 0.3) is 0 Å². The molecule has 0 unspecified atom stereocenters. The van der Waals surface area contributed by atoms with Crippen molar-refractivity contribution in [3.05, 3.63) is 35.4 Å². The predicted molar refractivity (Wildman–Crippen MR) is 52.7 cm³/mol. The Balaban J connectivity index is 3.06. The molecule has 1 aromatic rings. The molecule has 0 nitrogen and oxygen atoms in total. The van der Waals surface area contributed by atoms with E-state index in [0.717, 1.165) is 0 Å². The van der Waals surface area contributed by atoms with Crippen molar-refractivity contribution in [2.24, 2.45) is 0 Å². The molecule has 0 heterocycles. The molecule has 0 N–H and O–H groups in total. The van der Waals surface area contributed by atoms with Crippen molar-refractivity contribution < 1.29 is 0 Å². The lowest BCUT2D eigenvalue weighted by molar-refractivity contribution is 0.763. The summed E-state index contributed by atoms with van der Waals surface area (Å²) in [6, 6.07) is 8.69. The minimum atomic E-state index is 0.284. The molecule has 0 aliphatic heterocycles. The van der Waals surface area contributed by atoms with Gasteiger partial charge in [0.15, 0.2) is 0 Å². The largest absolute Gasteiger partial charge is 0.114 e. The summed E-state index contributed by atoms with van der Waals surface area (Å²) in [4.78, 5) is 0. The Kier molecular flexibility index (Phi) is 2.08. The van der Waals surface area contributed by atoms with Crippen molar-refractivity contribution >= 4 is 7.85 Å². The van der Waals surface area contributed by atoms with Crippen molar-refractivity contribution in [1.82, 2.24) is 0 Å². The minimum absolute atomic E-state index is 0.284. The molecule has 1 aromatic carbocycles. The van der Waals surface area contributed by atoms with Crippen molar-refractivity contribution in [2.75, 3.05) is 0 Å². The first-order valence-corrected chi connectivity index (χ1v) is 4.07. The molecule has 0 saturated heterocycles. The van der Waals surface area contributed by atoms with Gasteiger partial charge in [-0.05, 0) is 12.2 Å². The van der Waals surface area contributed by atoms with Crippen molar-refractivity contribution in [1.29, 1.82) is 0 Å². The van der Waals surface area contributed by atoms with Crippen LogP contribution in [0.15, 0.2) is 24.3 Å². The SMILES string of the molecule is BC(C)(C)c1cccc(C)c1. The fraction of sp³-hybridized carbons (Fsp3) is 0.400. The maximum atomic E-state index is 2.25. The van der Waals surface area contributed by atoms with Gasteiger partial charge in [0.2, 0.25) is 0 Å². The fourth-order valence-electron chi connectivity index (χ4n) is 1.11. The monoisotopic (exact) mass is 146 g/mol. The first kappa shape index (κ1) is 8.38. The number of benzene rings is 1. The highest BCUT2D eigenvalue weighted by Gasteiger charge is 2.12. The van der Waals surface area contributed by atoms with E-state index in [-0.39, 0.29) is 5.31 Å². The average Bonchev–Trinajstić information content (AvgIpc) is 1.86. The summed E-state index contributed by atoms with van der Waals surface area (Å²) in [6.07, 6.45) is 0. The van der Waals surface area contributed by atoms with E-state index < -0.39 is 0 Å². The molecular weight excluding hydrogens is 131 g/mol. The Bertz CT molecular complexity index is 245. The standard InChI is InChI=1S/C10H15B/c1-8-5-4-6-9(7-8)10(2,3)11/h4-7H,11H2,1-3H3. The quantitative estimate of drug-likeness (QED) is 0.530. The molecule has 0 radical (unpaired) electrons. The molecule has 1 heteroatoms. The van der Waals surface area contributed by atoms with Crippen LogP contribution >= 0.6 is 0 Å². The van der Waals surface area contributed by atoms with Crippen molar-refractivity contribution in [3.8, 4) is 0 Å². The van der Waals surface area contributed by atoms with E-state index in [1.165, 1.54) is 11.1 Å². The molecular formula is C10H15B. The second-order valence-electron chi connectivity index (χ2n) is 4.12. The smallest absolute Gasteiger partial charge is 0.0632 e. The van der Waals surface area contributed by atoms with Crippen LogP contribution in [0, 0.1) is 6.92 Å². The summed E-state index contributed by atoms with van der Waals surface area (Å²) in [7, 11) is 2.24. The maximum absolute atomic E-state index is 2.25. The molecule has 0 amide bonds. The van der Waals surface area contributed by atoms with E-state index in [9.17, 15) is 0 Å². The van der Waals surface area contributed by atoms with Gasteiger partial charge in [0.1, 0.15) is 7.85 Å². The topological polar surface area (TPSA) is 0 Å². The molecule has 0 saturated carbocycles.